The lowest BCUT2D eigenvalue weighted by Gasteiger charge is -2.36. The molecule has 1 aliphatic rings. The fourth-order valence-electron chi connectivity index (χ4n) is 4.29. The van der Waals surface area contributed by atoms with Crippen molar-refractivity contribution < 1.29 is 23.8 Å². The van der Waals surface area contributed by atoms with E-state index < -0.39 is 0 Å². The number of benzene rings is 3. The van der Waals surface area contributed by atoms with Gasteiger partial charge in [0.25, 0.3) is 5.91 Å². The molecule has 37 heavy (non-hydrogen) atoms. The number of carbonyl (C=O) groups is 2. The van der Waals surface area contributed by atoms with Gasteiger partial charge in [0.05, 0.1) is 32.5 Å². The van der Waals surface area contributed by atoms with Gasteiger partial charge in [-0.05, 0) is 53.6 Å². The Bertz CT molecular complexity index is 1190. The third kappa shape index (κ3) is 7.10. The molecule has 4 rings (SSSR count). The van der Waals surface area contributed by atoms with Gasteiger partial charge >= 0.3 is 5.97 Å². The number of methoxy groups -OCH3 is 2. The highest BCUT2D eigenvalue weighted by atomic mass is 35.5. The first-order valence-electron chi connectivity index (χ1n) is 12.2. The monoisotopic (exact) mass is 522 g/mol. The molecule has 194 valence electrons. The van der Waals surface area contributed by atoms with Crippen LogP contribution in [-0.2, 0) is 16.1 Å². The first-order valence-corrected chi connectivity index (χ1v) is 12.5. The lowest BCUT2D eigenvalue weighted by molar-refractivity contribution is 0.00340. The van der Waals surface area contributed by atoms with Gasteiger partial charge in [0.2, 0.25) is 0 Å². The van der Waals surface area contributed by atoms with Gasteiger partial charge in [-0.2, -0.15) is 0 Å². The van der Waals surface area contributed by atoms with Crippen molar-refractivity contribution in [1.29, 1.82) is 0 Å². The van der Waals surface area contributed by atoms with E-state index in [-0.39, 0.29) is 18.0 Å². The van der Waals surface area contributed by atoms with Crippen molar-refractivity contribution in [3.63, 3.8) is 0 Å². The molecule has 7 nitrogen and oxygen atoms in total. The number of amides is 1. The fourth-order valence-corrected chi connectivity index (χ4v) is 4.42. The van der Waals surface area contributed by atoms with E-state index in [1.54, 1.807) is 25.3 Å². The second-order valence-electron chi connectivity index (χ2n) is 8.86. The van der Waals surface area contributed by atoms with E-state index >= 15 is 0 Å². The minimum Gasteiger partial charge on any atom is -0.497 e. The molecule has 3 aromatic carbocycles. The summed E-state index contributed by atoms with van der Waals surface area (Å²) in [6, 6.07) is 22.2. The van der Waals surface area contributed by atoms with Gasteiger partial charge < -0.3 is 19.1 Å². The molecule has 3 aromatic rings. The van der Waals surface area contributed by atoms with Crippen LogP contribution >= 0.6 is 11.6 Å². The predicted octanol–water partition coefficient (Wildman–Crippen LogP) is 4.85. The Morgan fingerprint density at radius 2 is 1.59 bits per heavy atom. The molecular formula is C29H31ClN2O5. The summed E-state index contributed by atoms with van der Waals surface area (Å²) >= 11 is 6.11. The Balaban J connectivity index is 1.38. The van der Waals surface area contributed by atoms with Crippen molar-refractivity contribution in [2.45, 2.75) is 12.7 Å². The van der Waals surface area contributed by atoms with E-state index in [0.29, 0.717) is 48.1 Å². The zero-order chi connectivity index (χ0) is 26.2. The molecule has 1 fully saturated rings. The summed E-state index contributed by atoms with van der Waals surface area (Å²) in [4.78, 5) is 28.9. The van der Waals surface area contributed by atoms with Crippen molar-refractivity contribution in [2.24, 2.45) is 0 Å². The average molecular weight is 523 g/mol. The molecule has 1 heterocycles. The quantitative estimate of drug-likeness (QED) is 0.374. The van der Waals surface area contributed by atoms with Crippen molar-refractivity contribution in [3.8, 4) is 5.75 Å². The van der Waals surface area contributed by atoms with Gasteiger partial charge in [0.1, 0.15) is 5.75 Å². The van der Waals surface area contributed by atoms with Crippen molar-refractivity contribution >= 4 is 23.5 Å². The molecule has 1 saturated heterocycles. The van der Waals surface area contributed by atoms with Crippen LogP contribution in [0.3, 0.4) is 0 Å². The minimum atomic E-state index is -0.365. The van der Waals surface area contributed by atoms with Crippen LogP contribution in [0.15, 0.2) is 72.8 Å². The van der Waals surface area contributed by atoms with Gasteiger partial charge in [0, 0.05) is 43.3 Å². The number of hydrogen-bond donors (Lipinski definition) is 0. The molecule has 1 aliphatic heterocycles. The maximum absolute atomic E-state index is 13.0. The molecule has 0 bridgehead atoms. The molecule has 0 aliphatic carbocycles. The number of halogens is 1. The minimum absolute atomic E-state index is 0.0134. The smallest absolute Gasteiger partial charge is 0.337 e. The lowest BCUT2D eigenvalue weighted by atomic mass is 10.1. The zero-order valence-electron chi connectivity index (χ0n) is 21.1. The molecule has 1 atom stereocenters. The van der Waals surface area contributed by atoms with Crippen LogP contribution in [0, 0.1) is 0 Å². The molecule has 0 radical (unpaired) electrons. The molecule has 1 amide bonds. The van der Waals surface area contributed by atoms with Crippen molar-refractivity contribution in [3.05, 3.63) is 100 Å². The molecule has 0 unspecified atom stereocenters. The van der Waals surface area contributed by atoms with Gasteiger partial charge in [-0.25, -0.2) is 4.79 Å². The summed E-state index contributed by atoms with van der Waals surface area (Å²) in [5.41, 5.74) is 3.13. The molecule has 0 spiro atoms. The highest BCUT2D eigenvalue weighted by Gasteiger charge is 2.25. The van der Waals surface area contributed by atoms with Gasteiger partial charge in [-0.3, -0.25) is 9.69 Å². The van der Waals surface area contributed by atoms with Crippen molar-refractivity contribution in [1.82, 2.24) is 9.80 Å². The summed E-state index contributed by atoms with van der Waals surface area (Å²) in [6.07, 6.45) is -0.182. The van der Waals surface area contributed by atoms with E-state index in [2.05, 4.69) is 4.90 Å². The Morgan fingerprint density at radius 3 is 2.24 bits per heavy atom. The first-order chi connectivity index (χ1) is 18.0. The molecule has 0 saturated carbocycles. The second kappa shape index (κ2) is 12.7. The number of ether oxygens (including phenoxy) is 3. The van der Waals surface area contributed by atoms with E-state index in [1.165, 1.54) is 7.11 Å². The molecule has 8 heteroatoms. The van der Waals surface area contributed by atoms with Crippen LogP contribution in [0.25, 0.3) is 0 Å². The summed E-state index contributed by atoms with van der Waals surface area (Å²) < 4.78 is 16.4. The Labute approximate surface area is 222 Å². The fraction of sp³-hybridized carbons (Fsp3) is 0.310. The summed E-state index contributed by atoms with van der Waals surface area (Å²) in [5.74, 6) is 0.322. The summed E-state index contributed by atoms with van der Waals surface area (Å²) in [7, 11) is 2.96. The SMILES string of the molecule is COC(=O)c1ccc(CO[C@@H](CN2CCN(C(=O)c3cccc(OC)c3)CC2)c2ccc(Cl)cc2)cc1. The normalized spacial score (nSPS) is 14.7. The largest absolute Gasteiger partial charge is 0.497 e. The van der Waals surface area contributed by atoms with Crippen LogP contribution in [0.1, 0.15) is 37.9 Å². The maximum Gasteiger partial charge on any atom is 0.337 e. The van der Waals surface area contributed by atoms with E-state index in [9.17, 15) is 9.59 Å². The lowest BCUT2D eigenvalue weighted by Crippen LogP contribution is -2.49. The van der Waals surface area contributed by atoms with Crippen LogP contribution in [0.2, 0.25) is 5.02 Å². The van der Waals surface area contributed by atoms with E-state index in [1.807, 2.05) is 59.5 Å². The Morgan fingerprint density at radius 1 is 0.892 bits per heavy atom. The number of hydrogen-bond acceptors (Lipinski definition) is 6. The third-order valence-electron chi connectivity index (χ3n) is 6.47. The third-order valence-corrected chi connectivity index (χ3v) is 6.72. The average Bonchev–Trinajstić information content (AvgIpc) is 2.95. The van der Waals surface area contributed by atoms with Gasteiger partial charge in [-0.15, -0.1) is 0 Å². The maximum atomic E-state index is 13.0. The first kappa shape index (κ1) is 26.7. The highest BCUT2D eigenvalue weighted by molar-refractivity contribution is 6.30. The van der Waals surface area contributed by atoms with E-state index in [4.69, 9.17) is 25.8 Å². The summed E-state index contributed by atoms with van der Waals surface area (Å²) in [5, 5.41) is 0.672. The van der Waals surface area contributed by atoms with Crippen LogP contribution < -0.4 is 4.74 Å². The number of esters is 1. The number of carbonyl (C=O) groups excluding carboxylic acids is 2. The van der Waals surface area contributed by atoms with Crippen LogP contribution in [0.4, 0.5) is 0 Å². The predicted molar refractivity (Wildman–Crippen MR) is 142 cm³/mol. The molecule has 0 aromatic heterocycles. The number of piperazine rings is 1. The molecular weight excluding hydrogens is 492 g/mol. The standard InChI is InChI=1S/C29H31ClN2O5/c1-35-26-5-3-4-24(18-26)28(33)32-16-14-31(15-17-32)19-27(22-10-12-25(30)13-11-22)37-20-21-6-8-23(9-7-21)29(34)36-2/h3-13,18,27H,14-17,19-20H2,1-2H3/t27-/m0/s1. The van der Waals surface area contributed by atoms with Gasteiger partial charge in [0.15, 0.2) is 0 Å². The number of nitrogens with zero attached hydrogens (tertiary/aromatic N) is 2. The van der Waals surface area contributed by atoms with Crippen molar-refractivity contribution in [2.75, 3.05) is 46.9 Å². The van der Waals surface area contributed by atoms with Crippen LogP contribution in [-0.4, -0.2) is 68.6 Å². The second-order valence-corrected chi connectivity index (χ2v) is 9.30. The topological polar surface area (TPSA) is 68.3 Å². The Kier molecular flexibility index (Phi) is 9.17. The van der Waals surface area contributed by atoms with Crippen LogP contribution in [0.5, 0.6) is 5.75 Å². The highest BCUT2D eigenvalue weighted by Crippen LogP contribution is 2.24. The Hall–Kier alpha value is -3.39. The molecule has 0 N–H and O–H groups in total. The zero-order valence-corrected chi connectivity index (χ0v) is 21.8. The summed E-state index contributed by atoms with van der Waals surface area (Å²) in [6.45, 7) is 3.84. The number of rotatable bonds is 9. The van der Waals surface area contributed by atoms with Gasteiger partial charge in [-0.1, -0.05) is 41.9 Å². The van der Waals surface area contributed by atoms with E-state index in [0.717, 1.165) is 24.2 Å².